The second-order valence-electron chi connectivity index (χ2n) is 6.30. The Labute approximate surface area is 151 Å². The average molecular weight is 389 g/mol. The summed E-state index contributed by atoms with van der Waals surface area (Å²) >= 11 is 6.19. The van der Waals surface area contributed by atoms with Crippen LogP contribution in [0.4, 0.5) is 0 Å². The van der Waals surface area contributed by atoms with E-state index in [2.05, 4.69) is 10.6 Å². The van der Waals surface area contributed by atoms with Gasteiger partial charge in [-0.25, -0.2) is 8.42 Å². The van der Waals surface area contributed by atoms with E-state index in [9.17, 15) is 13.2 Å². The van der Waals surface area contributed by atoms with Crippen LogP contribution in [0.3, 0.4) is 0 Å². The minimum absolute atomic E-state index is 0.167. The Morgan fingerprint density at radius 1 is 1.28 bits per heavy atom. The molecule has 1 saturated heterocycles. The summed E-state index contributed by atoms with van der Waals surface area (Å²) in [6, 6.07) is 3.43. The van der Waals surface area contributed by atoms with Crippen molar-refractivity contribution < 1.29 is 22.7 Å². The quantitative estimate of drug-likeness (QED) is 0.795. The summed E-state index contributed by atoms with van der Waals surface area (Å²) in [5, 5.41) is 6.24. The normalized spacial score (nSPS) is 19.3. The van der Waals surface area contributed by atoms with Crippen molar-refractivity contribution in [2.45, 2.75) is 24.1 Å². The van der Waals surface area contributed by atoms with E-state index < -0.39 is 20.5 Å². The molecule has 2 N–H and O–H groups in total. The van der Waals surface area contributed by atoms with Crippen LogP contribution in [0.25, 0.3) is 0 Å². The maximum atomic E-state index is 12.7. The fraction of sp³-hybridized carbons (Fsp3) is 0.562. The van der Waals surface area contributed by atoms with Crippen LogP contribution in [0.2, 0.25) is 5.02 Å². The highest BCUT2D eigenvalue weighted by Crippen LogP contribution is 2.38. The third-order valence-electron chi connectivity index (χ3n) is 4.64. The molecule has 2 heterocycles. The molecule has 3 rings (SSSR count). The molecule has 0 unspecified atom stereocenters. The zero-order chi connectivity index (χ0) is 18.1. The van der Waals surface area contributed by atoms with Crippen LogP contribution in [0.1, 0.15) is 18.4 Å². The van der Waals surface area contributed by atoms with Crippen LogP contribution in [0, 0.1) is 0 Å². The van der Waals surface area contributed by atoms with Crippen LogP contribution < -0.4 is 20.1 Å². The van der Waals surface area contributed by atoms with Gasteiger partial charge in [0.1, 0.15) is 13.2 Å². The van der Waals surface area contributed by atoms with E-state index in [4.69, 9.17) is 21.1 Å². The molecule has 0 aliphatic carbocycles. The van der Waals surface area contributed by atoms with Crippen molar-refractivity contribution in [2.75, 3.05) is 32.6 Å². The first-order valence-electron chi connectivity index (χ1n) is 8.10. The molecule has 0 aromatic heterocycles. The lowest BCUT2D eigenvalue weighted by molar-refractivity contribution is -0.124. The molecule has 9 heteroatoms. The van der Waals surface area contributed by atoms with Gasteiger partial charge in [-0.2, -0.15) is 0 Å². The molecule has 0 saturated carbocycles. The topological polar surface area (TPSA) is 93.7 Å². The second-order valence-corrected chi connectivity index (χ2v) is 9.03. The van der Waals surface area contributed by atoms with E-state index in [0.717, 1.165) is 11.8 Å². The Morgan fingerprint density at radius 2 is 1.96 bits per heavy atom. The first kappa shape index (κ1) is 18.3. The van der Waals surface area contributed by atoms with Crippen molar-refractivity contribution in [3.05, 3.63) is 22.7 Å². The number of halogens is 1. The predicted molar refractivity (Wildman–Crippen MR) is 94.0 cm³/mol. The maximum Gasteiger partial charge on any atom is 0.241 e. The molecular formula is C16H21ClN2O5S. The molecule has 0 bridgehead atoms. The summed E-state index contributed by atoms with van der Waals surface area (Å²) in [5.41, 5.74) is 0.722. The summed E-state index contributed by atoms with van der Waals surface area (Å²) < 4.78 is 34.1. The third kappa shape index (κ3) is 3.56. The molecule has 0 atom stereocenters. The van der Waals surface area contributed by atoms with Gasteiger partial charge >= 0.3 is 0 Å². The number of carbonyl (C=O) groups excluding carboxylic acids is 1. The van der Waals surface area contributed by atoms with Crippen molar-refractivity contribution >= 4 is 27.3 Å². The van der Waals surface area contributed by atoms with Gasteiger partial charge in [0.05, 0.1) is 5.02 Å². The highest BCUT2D eigenvalue weighted by atomic mass is 35.5. The molecular weight excluding hydrogens is 368 g/mol. The summed E-state index contributed by atoms with van der Waals surface area (Å²) in [6.07, 6.45) is 1.65. The van der Waals surface area contributed by atoms with Crippen molar-refractivity contribution in [3.63, 3.8) is 0 Å². The van der Waals surface area contributed by atoms with Gasteiger partial charge in [-0.05, 0) is 43.6 Å². The lowest BCUT2D eigenvalue weighted by Crippen LogP contribution is -2.57. The Kier molecular flexibility index (Phi) is 5.13. The Morgan fingerprint density at radius 3 is 2.64 bits per heavy atom. The van der Waals surface area contributed by atoms with Gasteiger partial charge in [0.2, 0.25) is 5.91 Å². The Hall–Kier alpha value is -1.51. The molecule has 138 valence electrons. The van der Waals surface area contributed by atoms with Gasteiger partial charge in [-0.1, -0.05) is 11.6 Å². The summed E-state index contributed by atoms with van der Waals surface area (Å²) in [7, 11) is -3.54. The molecule has 1 fully saturated rings. The molecule has 1 amide bonds. The van der Waals surface area contributed by atoms with Crippen LogP contribution in [0.15, 0.2) is 12.1 Å². The molecule has 7 nitrogen and oxygen atoms in total. The predicted octanol–water partition coefficient (Wildman–Crippen LogP) is 0.894. The third-order valence-corrected chi connectivity index (χ3v) is 6.94. The first-order chi connectivity index (χ1) is 11.8. The average Bonchev–Trinajstić information content (AvgIpc) is 2.59. The lowest BCUT2D eigenvalue weighted by Gasteiger charge is -2.34. The number of nitrogens with one attached hydrogen (secondary N) is 2. The van der Waals surface area contributed by atoms with Crippen LogP contribution in [0.5, 0.6) is 11.5 Å². The van der Waals surface area contributed by atoms with Gasteiger partial charge in [0, 0.05) is 12.8 Å². The van der Waals surface area contributed by atoms with Gasteiger partial charge in [0.15, 0.2) is 26.1 Å². The molecule has 1 aromatic rings. The fourth-order valence-corrected chi connectivity index (χ4v) is 4.85. The summed E-state index contributed by atoms with van der Waals surface area (Å²) in [4.78, 5) is 12.7. The number of hydrogen-bond acceptors (Lipinski definition) is 6. The molecule has 2 aliphatic heterocycles. The summed E-state index contributed by atoms with van der Waals surface area (Å²) in [5.74, 6) is 0.555. The fourth-order valence-electron chi connectivity index (χ4n) is 3.21. The number of rotatable bonds is 4. The van der Waals surface area contributed by atoms with Crippen molar-refractivity contribution in [2.24, 2.45) is 0 Å². The second kappa shape index (κ2) is 7.01. The Balaban J connectivity index is 1.76. The number of sulfone groups is 1. The lowest BCUT2D eigenvalue weighted by atomic mass is 9.95. The summed E-state index contributed by atoms with van der Waals surface area (Å²) in [6.45, 7) is 2.03. The number of piperidine rings is 1. The number of hydrogen-bond donors (Lipinski definition) is 2. The minimum atomic E-state index is -3.54. The van der Waals surface area contributed by atoms with Crippen molar-refractivity contribution in [1.29, 1.82) is 0 Å². The largest absolute Gasteiger partial charge is 0.486 e. The number of benzene rings is 1. The highest BCUT2D eigenvalue weighted by Gasteiger charge is 2.48. The number of ether oxygens (including phenoxy) is 2. The molecule has 0 spiro atoms. The Bertz CT molecular complexity index is 775. The van der Waals surface area contributed by atoms with E-state index >= 15 is 0 Å². The molecule has 0 radical (unpaired) electrons. The first-order valence-corrected chi connectivity index (χ1v) is 10.4. The van der Waals surface area contributed by atoms with Crippen molar-refractivity contribution in [3.8, 4) is 11.5 Å². The van der Waals surface area contributed by atoms with Gasteiger partial charge in [-0.15, -0.1) is 0 Å². The number of amides is 1. The highest BCUT2D eigenvalue weighted by molar-refractivity contribution is 7.92. The standard InChI is InChI=1S/C16H21ClN2O5S/c1-25(21,22)16(2-4-18-5-3-16)15(20)19-10-11-8-12(17)14-13(9-11)23-6-7-24-14/h8-9,18H,2-7,10H2,1H3,(H,19,20). The van der Waals surface area contributed by atoms with Gasteiger partial charge in [0.25, 0.3) is 0 Å². The smallest absolute Gasteiger partial charge is 0.241 e. The van der Waals surface area contributed by atoms with Gasteiger partial charge in [-0.3, -0.25) is 4.79 Å². The van der Waals surface area contributed by atoms with E-state index in [0.29, 0.717) is 42.8 Å². The minimum Gasteiger partial charge on any atom is -0.486 e. The van der Waals surface area contributed by atoms with Gasteiger partial charge < -0.3 is 20.1 Å². The monoisotopic (exact) mass is 388 g/mol. The SMILES string of the molecule is CS(=O)(=O)C1(C(=O)NCc2cc(Cl)c3c(c2)OCCO3)CCNCC1. The zero-order valence-corrected chi connectivity index (χ0v) is 15.5. The van der Waals surface area contributed by atoms with E-state index in [1.54, 1.807) is 12.1 Å². The van der Waals surface area contributed by atoms with Crippen LogP contribution in [-0.2, 0) is 21.2 Å². The zero-order valence-electron chi connectivity index (χ0n) is 13.9. The van der Waals surface area contributed by atoms with E-state index in [1.165, 1.54) is 0 Å². The molecule has 25 heavy (non-hydrogen) atoms. The van der Waals surface area contributed by atoms with Crippen LogP contribution >= 0.6 is 11.6 Å². The number of carbonyl (C=O) groups is 1. The van der Waals surface area contributed by atoms with E-state index in [1.807, 2.05) is 0 Å². The van der Waals surface area contributed by atoms with Crippen LogP contribution in [-0.4, -0.2) is 51.6 Å². The molecule has 1 aromatic carbocycles. The molecule has 2 aliphatic rings. The number of fused-ring (bicyclic) bond motifs is 1. The van der Waals surface area contributed by atoms with Crippen molar-refractivity contribution in [1.82, 2.24) is 10.6 Å². The maximum absolute atomic E-state index is 12.7. The van der Waals surface area contributed by atoms with E-state index in [-0.39, 0.29) is 19.4 Å².